The predicted octanol–water partition coefficient (Wildman–Crippen LogP) is 8.19. The van der Waals surface area contributed by atoms with E-state index in [0.29, 0.717) is 40.9 Å². The normalized spacial score (nSPS) is 13.9. The van der Waals surface area contributed by atoms with Crippen molar-refractivity contribution in [3.8, 4) is 16.8 Å². The van der Waals surface area contributed by atoms with Crippen molar-refractivity contribution in [2.45, 2.75) is 31.9 Å². The minimum atomic E-state index is -4.51. The zero-order chi connectivity index (χ0) is 30.1. The number of hydrogen-bond acceptors (Lipinski definition) is 2. The fraction of sp³-hybridized carbons (Fsp3) is 0.200. The van der Waals surface area contributed by atoms with Gasteiger partial charge < -0.3 is 14.8 Å². The van der Waals surface area contributed by atoms with Crippen LogP contribution in [-0.4, -0.2) is 40.5 Å². The fourth-order valence-electron chi connectivity index (χ4n) is 5.99. The van der Waals surface area contributed by atoms with E-state index >= 15 is 0 Å². The maximum absolute atomic E-state index is 14.1. The van der Waals surface area contributed by atoms with Gasteiger partial charge in [-0.05, 0) is 59.5 Å². The molecule has 4 aromatic carbocycles. The number of amides is 2. The van der Waals surface area contributed by atoms with Gasteiger partial charge in [-0.25, -0.2) is 0 Å². The standard InChI is InChI=1S/C35H30F3N3O2/c1-2-3-20-40(22-35(36,37)38)34(43)32-26-14-8-7-13-24(26)25-15-9-18-30(31(25)32)41-21-19-27-28(16-10-17-29(27)41)39-33(42)23-11-5-4-6-12-23/h4-19,21,32H,2-3,20,22H2,1H3,(H,39,42). The lowest BCUT2D eigenvalue weighted by Crippen LogP contribution is -2.42. The molecule has 8 heteroatoms. The highest BCUT2D eigenvalue weighted by Gasteiger charge is 2.41. The van der Waals surface area contributed by atoms with Crippen LogP contribution in [0.5, 0.6) is 0 Å². The van der Waals surface area contributed by atoms with Crippen LogP contribution < -0.4 is 5.32 Å². The second-order valence-electron chi connectivity index (χ2n) is 10.7. The summed E-state index contributed by atoms with van der Waals surface area (Å²) in [6.45, 7) is 0.628. The van der Waals surface area contributed by atoms with Crippen LogP contribution in [0.15, 0.2) is 103 Å². The van der Waals surface area contributed by atoms with Gasteiger partial charge in [-0.1, -0.05) is 74.0 Å². The predicted molar refractivity (Wildman–Crippen MR) is 162 cm³/mol. The summed E-state index contributed by atoms with van der Waals surface area (Å²) in [5.74, 6) is -1.68. The molecular weight excluding hydrogens is 551 g/mol. The van der Waals surface area contributed by atoms with E-state index < -0.39 is 24.5 Å². The Labute approximate surface area is 247 Å². The second kappa shape index (κ2) is 11.4. The molecule has 218 valence electrons. The summed E-state index contributed by atoms with van der Waals surface area (Å²) in [5.41, 5.74) is 5.70. The lowest BCUT2D eigenvalue weighted by Gasteiger charge is -2.28. The van der Waals surface area contributed by atoms with Crippen molar-refractivity contribution >= 4 is 28.4 Å². The molecule has 5 aromatic rings. The molecule has 0 radical (unpaired) electrons. The summed E-state index contributed by atoms with van der Waals surface area (Å²) in [7, 11) is 0. The molecule has 1 heterocycles. The molecule has 0 saturated carbocycles. The summed E-state index contributed by atoms with van der Waals surface area (Å²) in [5, 5.41) is 3.79. The molecule has 0 fully saturated rings. The van der Waals surface area contributed by atoms with Crippen LogP contribution in [0.4, 0.5) is 18.9 Å². The first-order valence-electron chi connectivity index (χ1n) is 14.3. The largest absolute Gasteiger partial charge is 0.406 e. The Hall–Kier alpha value is -4.85. The SMILES string of the molecule is CCCCN(CC(F)(F)F)C(=O)C1c2ccccc2-c2cccc(-n3ccc4c(NC(=O)c5ccccc5)cccc43)c21. The molecule has 1 atom stereocenters. The van der Waals surface area contributed by atoms with Crippen LogP contribution in [0, 0.1) is 0 Å². The van der Waals surface area contributed by atoms with Gasteiger partial charge in [-0.15, -0.1) is 0 Å². The molecule has 6 rings (SSSR count). The number of alkyl halides is 3. The average Bonchev–Trinajstić information content (AvgIpc) is 3.59. The lowest BCUT2D eigenvalue weighted by molar-refractivity contribution is -0.161. The zero-order valence-electron chi connectivity index (χ0n) is 23.6. The lowest BCUT2D eigenvalue weighted by atomic mass is 9.93. The van der Waals surface area contributed by atoms with Gasteiger partial charge in [0.15, 0.2) is 0 Å². The fourth-order valence-corrected chi connectivity index (χ4v) is 5.99. The van der Waals surface area contributed by atoms with Crippen molar-refractivity contribution < 1.29 is 22.8 Å². The maximum atomic E-state index is 14.1. The number of aromatic nitrogens is 1. The van der Waals surface area contributed by atoms with Crippen molar-refractivity contribution in [3.63, 3.8) is 0 Å². The summed E-state index contributed by atoms with van der Waals surface area (Å²) in [6.07, 6.45) is -1.50. The van der Waals surface area contributed by atoms with E-state index in [1.165, 1.54) is 0 Å². The van der Waals surface area contributed by atoms with E-state index in [1.54, 1.807) is 24.3 Å². The Balaban J connectivity index is 1.45. The van der Waals surface area contributed by atoms with E-state index in [-0.39, 0.29) is 12.5 Å². The molecule has 1 N–H and O–H groups in total. The Morgan fingerprint density at radius 1 is 0.860 bits per heavy atom. The minimum Gasteiger partial charge on any atom is -0.333 e. The van der Waals surface area contributed by atoms with E-state index in [9.17, 15) is 22.8 Å². The first kappa shape index (κ1) is 28.3. The molecule has 43 heavy (non-hydrogen) atoms. The van der Waals surface area contributed by atoms with Crippen molar-refractivity contribution in [2.75, 3.05) is 18.4 Å². The number of rotatable bonds is 8. The van der Waals surface area contributed by atoms with Gasteiger partial charge in [0.1, 0.15) is 6.54 Å². The highest BCUT2D eigenvalue weighted by atomic mass is 19.4. The van der Waals surface area contributed by atoms with Gasteiger partial charge in [0.25, 0.3) is 5.91 Å². The molecule has 5 nitrogen and oxygen atoms in total. The molecule has 0 spiro atoms. The van der Waals surface area contributed by atoms with Crippen LogP contribution in [0.3, 0.4) is 0 Å². The number of halogens is 3. The zero-order valence-corrected chi connectivity index (χ0v) is 23.6. The Bertz CT molecular complexity index is 1810. The third kappa shape index (κ3) is 5.41. The first-order valence-corrected chi connectivity index (χ1v) is 14.3. The second-order valence-corrected chi connectivity index (χ2v) is 10.7. The number of nitrogens with zero attached hydrogens (tertiary/aromatic N) is 2. The number of carbonyl (C=O) groups excluding carboxylic acids is 2. The summed E-state index contributed by atoms with van der Waals surface area (Å²) in [4.78, 5) is 28.0. The van der Waals surface area contributed by atoms with E-state index in [1.807, 2.05) is 90.5 Å². The number of unbranched alkanes of at least 4 members (excludes halogenated alkanes) is 1. The third-order valence-electron chi connectivity index (χ3n) is 7.92. The smallest absolute Gasteiger partial charge is 0.333 e. The first-order chi connectivity index (χ1) is 20.8. The Morgan fingerprint density at radius 2 is 1.58 bits per heavy atom. The number of benzene rings is 4. The Morgan fingerprint density at radius 3 is 2.35 bits per heavy atom. The molecule has 0 bridgehead atoms. The van der Waals surface area contributed by atoms with Crippen molar-refractivity contribution in [2.24, 2.45) is 0 Å². The van der Waals surface area contributed by atoms with E-state index in [0.717, 1.165) is 26.9 Å². The third-order valence-corrected chi connectivity index (χ3v) is 7.92. The van der Waals surface area contributed by atoms with E-state index in [2.05, 4.69) is 5.32 Å². The van der Waals surface area contributed by atoms with Crippen molar-refractivity contribution in [3.05, 3.63) is 120 Å². The molecule has 0 aliphatic heterocycles. The monoisotopic (exact) mass is 581 g/mol. The molecule has 1 aliphatic carbocycles. The van der Waals surface area contributed by atoms with Gasteiger partial charge in [-0.3, -0.25) is 9.59 Å². The quantitative estimate of drug-likeness (QED) is 0.201. The number of carbonyl (C=O) groups is 2. The summed E-state index contributed by atoms with van der Waals surface area (Å²) in [6, 6.07) is 29.6. The van der Waals surface area contributed by atoms with Gasteiger partial charge in [0.05, 0.1) is 22.8 Å². The van der Waals surface area contributed by atoms with Gasteiger partial charge in [-0.2, -0.15) is 13.2 Å². The minimum absolute atomic E-state index is 0.0297. The maximum Gasteiger partial charge on any atom is 0.406 e. The average molecular weight is 582 g/mol. The number of fused-ring (bicyclic) bond motifs is 4. The topological polar surface area (TPSA) is 54.3 Å². The molecule has 1 aliphatic rings. The van der Waals surface area contributed by atoms with Gasteiger partial charge >= 0.3 is 6.18 Å². The van der Waals surface area contributed by atoms with Crippen molar-refractivity contribution in [1.82, 2.24) is 9.47 Å². The number of anilines is 1. The number of hydrogen-bond donors (Lipinski definition) is 1. The Kier molecular flexibility index (Phi) is 7.52. The van der Waals surface area contributed by atoms with Crippen LogP contribution in [-0.2, 0) is 4.79 Å². The van der Waals surface area contributed by atoms with Gasteiger partial charge in [0.2, 0.25) is 5.91 Å². The molecule has 1 unspecified atom stereocenters. The number of nitrogens with one attached hydrogen (secondary N) is 1. The molecule has 1 aromatic heterocycles. The summed E-state index contributed by atoms with van der Waals surface area (Å²) < 4.78 is 42.9. The van der Waals surface area contributed by atoms with Crippen LogP contribution in [0.2, 0.25) is 0 Å². The van der Waals surface area contributed by atoms with Crippen LogP contribution >= 0.6 is 0 Å². The molecule has 2 amide bonds. The van der Waals surface area contributed by atoms with Crippen LogP contribution in [0.1, 0.15) is 47.2 Å². The molecular formula is C35H30F3N3O2. The highest BCUT2D eigenvalue weighted by Crippen LogP contribution is 2.48. The molecule has 0 saturated heterocycles. The van der Waals surface area contributed by atoms with Crippen LogP contribution in [0.25, 0.3) is 27.7 Å². The highest BCUT2D eigenvalue weighted by molar-refractivity contribution is 6.09. The van der Waals surface area contributed by atoms with E-state index in [4.69, 9.17) is 0 Å². The van der Waals surface area contributed by atoms with Gasteiger partial charge in [0, 0.05) is 29.3 Å². The summed E-state index contributed by atoms with van der Waals surface area (Å²) >= 11 is 0. The van der Waals surface area contributed by atoms with Crippen molar-refractivity contribution in [1.29, 1.82) is 0 Å².